The second-order valence-corrected chi connectivity index (χ2v) is 6.89. The van der Waals surface area contributed by atoms with E-state index in [1.807, 2.05) is 0 Å². The van der Waals surface area contributed by atoms with Crippen molar-refractivity contribution in [1.29, 1.82) is 0 Å². The van der Waals surface area contributed by atoms with Gasteiger partial charge < -0.3 is 10.1 Å². The molecule has 25 heavy (non-hydrogen) atoms. The topological polar surface area (TPSA) is 110 Å². The number of nitrogens with zero attached hydrogens (tertiary/aromatic N) is 2. The number of benzene rings is 1. The summed E-state index contributed by atoms with van der Waals surface area (Å²) in [6.45, 7) is 0.222. The Balaban J connectivity index is 2.09. The van der Waals surface area contributed by atoms with Gasteiger partial charge in [0.1, 0.15) is 0 Å². The quantitative estimate of drug-likeness (QED) is 0.692. The van der Waals surface area contributed by atoms with Gasteiger partial charge in [-0.2, -0.15) is 9.37 Å². The molecule has 10 heteroatoms. The zero-order valence-electron chi connectivity index (χ0n) is 13.6. The second-order valence-electron chi connectivity index (χ2n) is 5.05. The standard InChI is InChI=1S/C15H17FN4O4S/c1-24-15-12(16)9-18-13(20-15)10-4-3-5-11(8-10)14(21)17-6-7-19-25(2,22)23/h3-5,8-9,19H,6-7H2,1-2H3,(H,17,21). The lowest BCUT2D eigenvalue weighted by Gasteiger charge is -2.08. The molecule has 1 amide bonds. The molecule has 2 aromatic rings. The Hall–Kier alpha value is -2.59. The van der Waals surface area contributed by atoms with Gasteiger partial charge in [-0.25, -0.2) is 18.1 Å². The van der Waals surface area contributed by atoms with Crippen molar-refractivity contribution in [2.75, 3.05) is 26.5 Å². The molecular weight excluding hydrogens is 351 g/mol. The first-order chi connectivity index (χ1) is 11.8. The molecule has 0 radical (unpaired) electrons. The fraction of sp³-hybridized carbons (Fsp3) is 0.267. The molecule has 2 rings (SSSR count). The summed E-state index contributed by atoms with van der Waals surface area (Å²) in [6, 6.07) is 6.45. The normalized spacial score (nSPS) is 11.2. The summed E-state index contributed by atoms with van der Waals surface area (Å²) < 4.78 is 42.4. The van der Waals surface area contributed by atoms with Crippen molar-refractivity contribution < 1.29 is 22.3 Å². The maximum atomic E-state index is 13.4. The van der Waals surface area contributed by atoms with E-state index in [4.69, 9.17) is 4.74 Å². The number of carbonyl (C=O) groups is 1. The van der Waals surface area contributed by atoms with Gasteiger partial charge in [0.25, 0.3) is 11.8 Å². The molecule has 0 aliphatic heterocycles. The fourth-order valence-corrected chi connectivity index (χ4v) is 2.42. The Kier molecular flexibility index (Phi) is 5.99. The minimum atomic E-state index is -3.30. The number of hydrogen-bond acceptors (Lipinski definition) is 6. The van der Waals surface area contributed by atoms with Gasteiger partial charge in [0.15, 0.2) is 5.82 Å². The molecule has 2 N–H and O–H groups in total. The van der Waals surface area contributed by atoms with Crippen LogP contribution in [0.4, 0.5) is 4.39 Å². The van der Waals surface area contributed by atoms with Gasteiger partial charge in [0.05, 0.1) is 19.6 Å². The third kappa shape index (κ3) is 5.47. The predicted octanol–water partition coefficient (Wildman–Crippen LogP) is 0.570. The van der Waals surface area contributed by atoms with Gasteiger partial charge in [0, 0.05) is 24.2 Å². The van der Waals surface area contributed by atoms with Gasteiger partial charge in [0.2, 0.25) is 15.8 Å². The molecular formula is C15H17FN4O4S. The number of halogens is 1. The van der Waals surface area contributed by atoms with Crippen LogP contribution in [0.2, 0.25) is 0 Å². The van der Waals surface area contributed by atoms with E-state index in [1.54, 1.807) is 24.3 Å². The number of carbonyl (C=O) groups excluding carboxylic acids is 1. The van der Waals surface area contributed by atoms with Gasteiger partial charge >= 0.3 is 0 Å². The molecule has 0 aliphatic carbocycles. The van der Waals surface area contributed by atoms with Crippen LogP contribution in [0.1, 0.15) is 10.4 Å². The highest BCUT2D eigenvalue weighted by molar-refractivity contribution is 7.88. The zero-order valence-corrected chi connectivity index (χ0v) is 14.4. The average molecular weight is 368 g/mol. The van der Waals surface area contributed by atoms with Crippen LogP contribution in [0.3, 0.4) is 0 Å². The molecule has 1 aromatic heterocycles. The lowest BCUT2D eigenvalue weighted by molar-refractivity contribution is 0.0954. The van der Waals surface area contributed by atoms with Gasteiger partial charge in [-0.15, -0.1) is 0 Å². The van der Waals surface area contributed by atoms with Crippen LogP contribution in [-0.4, -0.2) is 50.7 Å². The fourth-order valence-electron chi connectivity index (χ4n) is 1.95. The minimum absolute atomic E-state index is 0.0858. The summed E-state index contributed by atoms with van der Waals surface area (Å²) >= 11 is 0. The van der Waals surface area contributed by atoms with Gasteiger partial charge in [-0.3, -0.25) is 4.79 Å². The molecule has 0 saturated heterocycles. The maximum Gasteiger partial charge on any atom is 0.253 e. The third-order valence-electron chi connectivity index (χ3n) is 3.06. The highest BCUT2D eigenvalue weighted by Crippen LogP contribution is 2.20. The van der Waals surface area contributed by atoms with E-state index in [-0.39, 0.29) is 30.7 Å². The van der Waals surface area contributed by atoms with Gasteiger partial charge in [-0.1, -0.05) is 12.1 Å². The lowest BCUT2D eigenvalue weighted by Crippen LogP contribution is -2.34. The minimum Gasteiger partial charge on any atom is -0.479 e. The van der Waals surface area contributed by atoms with Crippen molar-refractivity contribution in [2.24, 2.45) is 0 Å². The highest BCUT2D eigenvalue weighted by atomic mass is 32.2. The van der Waals surface area contributed by atoms with Crippen LogP contribution in [0.15, 0.2) is 30.5 Å². The first-order valence-electron chi connectivity index (χ1n) is 7.20. The first-order valence-corrected chi connectivity index (χ1v) is 9.09. The number of amides is 1. The maximum absolute atomic E-state index is 13.4. The Morgan fingerprint density at radius 1 is 1.32 bits per heavy atom. The summed E-state index contributed by atoms with van der Waals surface area (Å²) in [5.74, 6) is -1.04. The molecule has 0 unspecified atom stereocenters. The van der Waals surface area contributed by atoms with Crippen molar-refractivity contribution in [3.63, 3.8) is 0 Å². The SMILES string of the molecule is COc1nc(-c2cccc(C(=O)NCCNS(C)(=O)=O)c2)ncc1F. The summed E-state index contributed by atoms with van der Waals surface area (Å²) in [5, 5.41) is 2.59. The molecule has 1 heterocycles. The number of nitrogens with one attached hydrogen (secondary N) is 2. The van der Waals surface area contributed by atoms with E-state index in [9.17, 15) is 17.6 Å². The van der Waals surface area contributed by atoms with E-state index in [0.717, 1.165) is 12.5 Å². The van der Waals surface area contributed by atoms with Crippen LogP contribution >= 0.6 is 0 Å². The number of rotatable bonds is 7. The van der Waals surface area contributed by atoms with E-state index in [1.165, 1.54) is 7.11 Å². The molecule has 0 bridgehead atoms. The Morgan fingerprint density at radius 3 is 2.76 bits per heavy atom. The smallest absolute Gasteiger partial charge is 0.253 e. The molecule has 134 valence electrons. The number of hydrogen-bond donors (Lipinski definition) is 2. The number of aromatic nitrogens is 2. The van der Waals surface area contributed by atoms with E-state index < -0.39 is 15.8 Å². The summed E-state index contributed by atoms with van der Waals surface area (Å²) in [4.78, 5) is 19.9. The van der Waals surface area contributed by atoms with Gasteiger partial charge in [-0.05, 0) is 12.1 Å². The first kappa shape index (κ1) is 18.7. The molecule has 1 aromatic carbocycles. The van der Waals surface area contributed by atoms with Crippen molar-refractivity contribution in [3.8, 4) is 17.3 Å². The largest absolute Gasteiger partial charge is 0.479 e. The summed E-state index contributed by atoms with van der Waals surface area (Å²) in [5.41, 5.74) is 0.851. The van der Waals surface area contributed by atoms with Crippen molar-refractivity contribution in [3.05, 3.63) is 41.8 Å². The Bertz CT molecular complexity index is 874. The van der Waals surface area contributed by atoms with Crippen LogP contribution in [0.5, 0.6) is 5.88 Å². The molecule has 0 saturated carbocycles. The Morgan fingerprint density at radius 2 is 2.08 bits per heavy atom. The van der Waals surface area contributed by atoms with Crippen LogP contribution in [-0.2, 0) is 10.0 Å². The predicted molar refractivity (Wildman–Crippen MR) is 89.2 cm³/mol. The number of methoxy groups -OCH3 is 1. The number of sulfonamides is 1. The van der Waals surface area contributed by atoms with Crippen molar-refractivity contribution >= 4 is 15.9 Å². The molecule has 0 atom stereocenters. The zero-order chi connectivity index (χ0) is 18.4. The van der Waals surface area contributed by atoms with Crippen molar-refractivity contribution in [2.45, 2.75) is 0 Å². The third-order valence-corrected chi connectivity index (χ3v) is 3.79. The molecule has 0 spiro atoms. The monoisotopic (exact) mass is 368 g/mol. The summed E-state index contributed by atoms with van der Waals surface area (Å²) in [7, 11) is -2.00. The lowest BCUT2D eigenvalue weighted by atomic mass is 10.1. The molecule has 8 nitrogen and oxygen atoms in total. The van der Waals surface area contributed by atoms with E-state index >= 15 is 0 Å². The van der Waals surface area contributed by atoms with Crippen molar-refractivity contribution in [1.82, 2.24) is 20.0 Å². The summed E-state index contributed by atoms with van der Waals surface area (Å²) in [6.07, 6.45) is 2.03. The second kappa shape index (κ2) is 7.99. The van der Waals surface area contributed by atoms with Crippen LogP contribution < -0.4 is 14.8 Å². The van der Waals surface area contributed by atoms with E-state index in [0.29, 0.717) is 11.1 Å². The molecule has 0 fully saturated rings. The highest BCUT2D eigenvalue weighted by Gasteiger charge is 2.11. The van der Waals surface area contributed by atoms with Crippen LogP contribution in [0.25, 0.3) is 11.4 Å². The van der Waals surface area contributed by atoms with Crippen LogP contribution in [0, 0.1) is 5.82 Å². The van der Waals surface area contributed by atoms with E-state index in [2.05, 4.69) is 20.0 Å². The average Bonchev–Trinajstić information content (AvgIpc) is 2.58. The molecule has 0 aliphatic rings. The Labute approximate surface area is 144 Å². The number of ether oxygens (including phenoxy) is 1.